The number of nitrogens with one attached hydrogen (secondary N) is 1. The Morgan fingerprint density at radius 1 is 1.27 bits per heavy atom. The maximum atomic E-state index is 10.0. The fourth-order valence-corrected chi connectivity index (χ4v) is 2.68. The fourth-order valence-electron chi connectivity index (χ4n) is 2.68. The van der Waals surface area contributed by atoms with Gasteiger partial charge < -0.3 is 15.2 Å². The Morgan fingerprint density at radius 2 is 2.07 bits per heavy atom. The van der Waals surface area contributed by atoms with E-state index in [9.17, 15) is 5.11 Å². The van der Waals surface area contributed by atoms with E-state index in [2.05, 4.69) is 12.2 Å². The van der Waals surface area contributed by atoms with E-state index in [-0.39, 0.29) is 17.7 Å². The minimum atomic E-state index is -0.162. The lowest BCUT2D eigenvalue weighted by molar-refractivity contribution is 0.0941. The predicted octanol–water partition coefficient (Wildman–Crippen LogP) is 1.45. The Bertz CT molecular complexity index is 202. The largest absolute Gasteiger partial charge is 0.392 e. The third-order valence-corrected chi connectivity index (χ3v) is 3.73. The zero-order chi connectivity index (χ0) is 10.7. The highest BCUT2D eigenvalue weighted by Crippen LogP contribution is 2.24. The average molecular weight is 213 g/mol. The van der Waals surface area contributed by atoms with E-state index in [1.54, 1.807) is 0 Å². The number of hydrogen-bond donors (Lipinski definition) is 2. The van der Waals surface area contributed by atoms with Gasteiger partial charge in [-0.15, -0.1) is 0 Å². The molecule has 2 aliphatic rings. The summed E-state index contributed by atoms with van der Waals surface area (Å²) in [6, 6.07) is 0.277. The molecule has 1 saturated carbocycles. The third kappa shape index (κ3) is 2.92. The highest BCUT2D eigenvalue weighted by atomic mass is 16.5. The van der Waals surface area contributed by atoms with Crippen LogP contribution < -0.4 is 5.32 Å². The van der Waals surface area contributed by atoms with Gasteiger partial charge in [0.05, 0.1) is 12.7 Å². The molecule has 3 unspecified atom stereocenters. The van der Waals surface area contributed by atoms with Crippen molar-refractivity contribution in [3.63, 3.8) is 0 Å². The van der Waals surface area contributed by atoms with Crippen LogP contribution in [0.5, 0.6) is 0 Å². The van der Waals surface area contributed by atoms with E-state index < -0.39 is 0 Å². The molecule has 2 fully saturated rings. The van der Waals surface area contributed by atoms with Crippen LogP contribution in [0.15, 0.2) is 0 Å². The first-order valence-corrected chi connectivity index (χ1v) is 6.23. The molecular weight excluding hydrogens is 190 g/mol. The molecular formula is C12H23NO2. The van der Waals surface area contributed by atoms with Crippen molar-refractivity contribution in [3.8, 4) is 0 Å². The summed E-state index contributed by atoms with van der Waals surface area (Å²) in [4.78, 5) is 0. The molecule has 1 saturated heterocycles. The molecule has 0 aromatic carbocycles. The molecule has 0 amide bonds. The molecule has 0 aromatic rings. The summed E-state index contributed by atoms with van der Waals surface area (Å²) >= 11 is 0. The van der Waals surface area contributed by atoms with E-state index in [0.717, 1.165) is 32.5 Å². The van der Waals surface area contributed by atoms with Gasteiger partial charge in [-0.1, -0.05) is 19.3 Å². The Hall–Kier alpha value is -0.120. The zero-order valence-electron chi connectivity index (χ0n) is 9.67. The lowest BCUT2D eigenvalue weighted by atomic mass is 9.96. The molecule has 3 nitrogen and oxygen atoms in total. The van der Waals surface area contributed by atoms with Gasteiger partial charge in [0.1, 0.15) is 0 Å². The SMILES string of the molecule is CC1(NC2CCCCCC2O)CCOC1. The first kappa shape index (κ1) is 11.4. The summed E-state index contributed by atoms with van der Waals surface area (Å²) in [5.41, 5.74) is 0.0932. The number of hydrogen-bond acceptors (Lipinski definition) is 3. The summed E-state index contributed by atoms with van der Waals surface area (Å²) in [5, 5.41) is 13.6. The molecule has 3 heteroatoms. The summed E-state index contributed by atoms with van der Waals surface area (Å²) < 4.78 is 5.42. The van der Waals surface area contributed by atoms with Gasteiger partial charge >= 0.3 is 0 Å². The summed E-state index contributed by atoms with van der Waals surface area (Å²) in [6.07, 6.45) is 6.65. The highest BCUT2D eigenvalue weighted by Gasteiger charge is 2.34. The predicted molar refractivity (Wildman–Crippen MR) is 59.9 cm³/mol. The second kappa shape index (κ2) is 4.81. The average Bonchev–Trinajstić information content (AvgIpc) is 2.53. The van der Waals surface area contributed by atoms with Gasteiger partial charge in [0, 0.05) is 18.2 Å². The van der Waals surface area contributed by atoms with E-state index >= 15 is 0 Å². The van der Waals surface area contributed by atoms with E-state index in [1.165, 1.54) is 19.3 Å². The Balaban J connectivity index is 1.90. The summed E-state index contributed by atoms with van der Waals surface area (Å²) in [5.74, 6) is 0. The molecule has 2 rings (SSSR count). The number of aliphatic hydroxyl groups excluding tert-OH is 1. The third-order valence-electron chi connectivity index (χ3n) is 3.73. The molecule has 1 heterocycles. The van der Waals surface area contributed by atoms with Crippen LogP contribution in [0.4, 0.5) is 0 Å². The van der Waals surface area contributed by atoms with Crippen molar-refractivity contribution in [3.05, 3.63) is 0 Å². The fraction of sp³-hybridized carbons (Fsp3) is 1.00. The van der Waals surface area contributed by atoms with Gasteiger partial charge in [-0.2, -0.15) is 0 Å². The topological polar surface area (TPSA) is 41.5 Å². The molecule has 15 heavy (non-hydrogen) atoms. The van der Waals surface area contributed by atoms with Gasteiger partial charge in [0.25, 0.3) is 0 Å². The number of rotatable bonds is 2. The molecule has 88 valence electrons. The molecule has 0 aromatic heterocycles. The summed E-state index contributed by atoms with van der Waals surface area (Å²) in [7, 11) is 0. The van der Waals surface area contributed by atoms with Crippen LogP contribution in [0.2, 0.25) is 0 Å². The van der Waals surface area contributed by atoms with E-state index in [4.69, 9.17) is 4.74 Å². The van der Waals surface area contributed by atoms with Crippen molar-refractivity contribution in [2.45, 2.75) is 63.1 Å². The smallest absolute Gasteiger partial charge is 0.0693 e. The van der Waals surface area contributed by atoms with Crippen LogP contribution in [0.3, 0.4) is 0 Å². The monoisotopic (exact) mass is 213 g/mol. The summed E-state index contributed by atoms with van der Waals surface area (Å²) in [6.45, 7) is 3.85. The second-order valence-corrected chi connectivity index (χ2v) is 5.32. The standard InChI is InChI=1S/C12H23NO2/c1-12(7-8-15-9-12)13-10-5-3-2-4-6-11(10)14/h10-11,13-14H,2-9H2,1H3. The van der Waals surface area contributed by atoms with Gasteiger partial charge in [0.2, 0.25) is 0 Å². The van der Waals surface area contributed by atoms with E-state index in [0.29, 0.717) is 0 Å². The molecule has 0 spiro atoms. The van der Waals surface area contributed by atoms with Crippen LogP contribution in [0, 0.1) is 0 Å². The Labute approximate surface area is 92.2 Å². The van der Waals surface area contributed by atoms with Crippen LogP contribution in [-0.2, 0) is 4.74 Å². The van der Waals surface area contributed by atoms with Crippen LogP contribution >= 0.6 is 0 Å². The van der Waals surface area contributed by atoms with Gasteiger partial charge in [0.15, 0.2) is 0 Å². The lowest BCUT2D eigenvalue weighted by Crippen LogP contribution is -2.52. The molecule has 1 aliphatic heterocycles. The second-order valence-electron chi connectivity index (χ2n) is 5.32. The molecule has 1 aliphatic carbocycles. The molecule has 2 N–H and O–H groups in total. The van der Waals surface area contributed by atoms with Gasteiger partial charge in [-0.05, 0) is 26.2 Å². The van der Waals surface area contributed by atoms with Crippen molar-refractivity contribution < 1.29 is 9.84 Å². The zero-order valence-corrected chi connectivity index (χ0v) is 9.67. The lowest BCUT2D eigenvalue weighted by Gasteiger charge is -2.32. The Morgan fingerprint density at radius 3 is 2.80 bits per heavy atom. The van der Waals surface area contributed by atoms with Crippen LogP contribution in [0.1, 0.15) is 45.4 Å². The first-order valence-electron chi connectivity index (χ1n) is 6.23. The molecule has 3 atom stereocenters. The van der Waals surface area contributed by atoms with Gasteiger partial charge in [-0.25, -0.2) is 0 Å². The number of aliphatic hydroxyl groups is 1. The van der Waals surface area contributed by atoms with Crippen molar-refractivity contribution in [2.75, 3.05) is 13.2 Å². The minimum absolute atomic E-state index is 0.0932. The minimum Gasteiger partial charge on any atom is -0.392 e. The van der Waals surface area contributed by atoms with Crippen LogP contribution in [0.25, 0.3) is 0 Å². The van der Waals surface area contributed by atoms with Crippen LogP contribution in [-0.4, -0.2) is 36.0 Å². The maximum Gasteiger partial charge on any atom is 0.0693 e. The van der Waals surface area contributed by atoms with Crippen molar-refractivity contribution in [2.24, 2.45) is 0 Å². The van der Waals surface area contributed by atoms with E-state index in [1.807, 2.05) is 0 Å². The quantitative estimate of drug-likeness (QED) is 0.682. The van der Waals surface area contributed by atoms with Crippen molar-refractivity contribution >= 4 is 0 Å². The first-order chi connectivity index (χ1) is 7.20. The Kier molecular flexibility index (Phi) is 3.65. The maximum absolute atomic E-state index is 10.0. The number of ether oxygens (including phenoxy) is 1. The highest BCUT2D eigenvalue weighted by molar-refractivity contribution is 4.92. The molecule has 0 radical (unpaired) electrons. The van der Waals surface area contributed by atoms with Gasteiger partial charge in [-0.3, -0.25) is 0 Å². The van der Waals surface area contributed by atoms with Crippen molar-refractivity contribution in [1.82, 2.24) is 5.32 Å². The molecule has 0 bridgehead atoms. The normalized spacial score (nSPS) is 42.8. The van der Waals surface area contributed by atoms with Crippen molar-refractivity contribution in [1.29, 1.82) is 0 Å².